The van der Waals surface area contributed by atoms with Crippen LogP contribution < -0.4 is 4.74 Å². The third-order valence-electron chi connectivity index (χ3n) is 3.48. The number of rotatable bonds is 4. The molecule has 0 amide bonds. The van der Waals surface area contributed by atoms with Crippen LogP contribution in [0.5, 0.6) is 5.75 Å². The molecular weight excluding hydrogens is 200 g/mol. The van der Waals surface area contributed by atoms with E-state index >= 15 is 0 Å². The maximum Gasteiger partial charge on any atom is 0.132 e. The summed E-state index contributed by atoms with van der Waals surface area (Å²) in [6.45, 7) is 2.26. The van der Waals surface area contributed by atoms with Crippen LogP contribution in [0.3, 0.4) is 0 Å². The summed E-state index contributed by atoms with van der Waals surface area (Å²) in [4.78, 5) is 0. The first kappa shape index (κ1) is 11.5. The van der Waals surface area contributed by atoms with Gasteiger partial charge in [0.2, 0.25) is 0 Å². The molecule has 0 aliphatic heterocycles. The summed E-state index contributed by atoms with van der Waals surface area (Å²) in [5.74, 6) is 0.945. The Labute approximate surface area is 97.3 Å². The molecule has 0 atom stereocenters. The summed E-state index contributed by atoms with van der Waals surface area (Å²) >= 11 is 0. The molecule has 1 aliphatic rings. The highest BCUT2D eigenvalue weighted by Crippen LogP contribution is 2.35. The maximum atomic E-state index is 9.52. The van der Waals surface area contributed by atoms with Gasteiger partial charge >= 0.3 is 0 Å². The van der Waals surface area contributed by atoms with Gasteiger partial charge in [-0.15, -0.1) is 0 Å². The van der Waals surface area contributed by atoms with E-state index in [2.05, 4.69) is 13.0 Å². The molecule has 1 aromatic carbocycles. The molecule has 2 rings (SSSR count). The molecule has 1 N–H and O–H groups in total. The third-order valence-corrected chi connectivity index (χ3v) is 3.48. The van der Waals surface area contributed by atoms with Crippen molar-refractivity contribution in [1.29, 1.82) is 0 Å². The lowest BCUT2D eigenvalue weighted by atomic mass is 10.0. The normalized spacial score (nSPS) is 18.6. The van der Waals surface area contributed by atoms with Gasteiger partial charge in [-0.3, -0.25) is 0 Å². The van der Waals surface area contributed by atoms with Crippen molar-refractivity contribution in [1.82, 2.24) is 0 Å². The molecule has 0 spiro atoms. The Morgan fingerprint density at radius 3 is 2.56 bits per heavy atom. The molecule has 88 valence electrons. The number of aliphatic hydroxyl groups is 1. The lowest BCUT2D eigenvalue weighted by Gasteiger charge is -2.29. The Hall–Kier alpha value is -1.02. The van der Waals surface area contributed by atoms with E-state index in [1.165, 1.54) is 5.56 Å². The molecule has 0 heterocycles. The monoisotopic (exact) mass is 220 g/mol. The van der Waals surface area contributed by atoms with Crippen LogP contribution in [0, 0.1) is 0 Å². The Balaban J connectivity index is 2.18. The van der Waals surface area contributed by atoms with Crippen LogP contribution in [0.2, 0.25) is 0 Å². The number of aliphatic hydroxyl groups excluding tert-OH is 1. The average molecular weight is 220 g/mol. The highest BCUT2D eigenvalue weighted by atomic mass is 16.5. The number of para-hydroxylation sites is 1. The van der Waals surface area contributed by atoms with E-state index in [0.29, 0.717) is 0 Å². The molecule has 0 bridgehead atoms. The first-order chi connectivity index (χ1) is 7.79. The van der Waals surface area contributed by atoms with Gasteiger partial charge in [-0.25, -0.2) is 0 Å². The van der Waals surface area contributed by atoms with Crippen LogP contribution >= 0.6 is 0 Å². The van der Waals surface area contributed by atoms with Gasteiger partial charge in [0, 0.05) is 0 Å². The molecule has 1 saturated carbocycles. The Morgan fingerprint density at radius 2 is 1.94 bits per heavy atom. The van der Waals surface area contributed by atoms with Crippen molar-refractivity contribution in [2.75, 3.05) is 6.61 Å². The van der Waals surface area contributed by atoms with Crippen molar-refractivity contribution < 1.29 is 9.84 Å². The van der Waals surface area contributed by atoms with Crippen molar-refractivity contribution in [3.05, 3.63) is 29.8 Å². The maximum absolute atomic E-state index is 9.52. The lowest BCUT2D eigenvalue weighted by Crippen LogP contribution is -2.37. The molecule has 0 unspecified atom stereocenters. The largest absolute Gasteiger partial charge is 0.485 e. The summed E-state index contributed by atoms with van der Waals surface area (Å²) in [5.41, 5.74) is 0.910. The van der Waals surface area contributed by atoms with Gasteiger partial charge in [-0.2, -0.15) is 0 Å². The molecule has 2 heteroatoms. The fraction of sp³-hybridized carbons (Fsp3) is 0.571. The van der Waals surface area contributed by atoms with E-state index in [0.717, 1.165) is 37.9 Å². The molecule has 1 fully saturated rings. The minimum atomic E-state index is -0.314. The van der Waals surface area contributed by atoms with Gasteiger partial charge in [0.15, 0.2) is 0 Å². The first-order valence-electron chi connectivity index (χ1n) is 6.17. The van der Waals surface area contributed by atoms with Crippen LogP contribution in [0.25, 0.3) is 0 Å². The standard InChI is InChI=1S/C14H20O2/c1-2-12-7-3-4-8-13(12)16-14(11-15)9-5-6-10-14/h3-4,7-8,15H,2,5-6,9-11H2,1H3. The van der Waals surface area contributed by atoms with E-state index in [1.54, 1.807) is 0 Å². The van der Waals surface area contributed by atoms with Crippen molar-refractivity contribution in [2.45, 2.75) is 44.6 Å². The quantitative estimate of drug-likeness (QED) is 0.845. The summed E-state index contributed by atoms with van der Waals surface area (Å²) < 4.78 is 6.08. The zero-order valence-electron chi connectivity index (χ0n) is 9.91. The van der Waals surface area contributed by atoms with Crippen LogP contribution in [0.1, 0.15) is 38.2 Å². The first-order valence-corrected chi connectivity index (χ1v) is 6.17. The Kier molecular flexibility index (Phi) is 3.49. The minimum absolute atomic E-state index is 0.130. The number of hydrogen-bond donors (Lipinski definition) is 1. The molecule has 0 saturated heterocycles. The van der Waals surface area contributed by atoms with Gasteiger partial charge in [-0.1, -0.05) is 25.1 Å². The highest BCUT2D eigenvalue weighted by molar-refractivity contribution is 5.33. The second kappa shape index (κ2) is 4.88. The highest BCUT2D eigenvalue weighted by Gasteiger charge is 2.35. The predicted molar refractivity (Wildman–Crippen MR) is 64.7 cm³/mol. The van der Waals surface area contributed by atoms with Crippen molar-refractivity contribution in [2.24, 2.45) is 0 Å². The molecule has 1 aromatic rings. The number of aryl methyl sites for hydroxylation is 1. The van der Waals surface area contributed by atoms with Crippen molar-refractivity contribution in [3.8, 4) is 5.75 Å². The smallest absolute Gasteiger partial charge is 0.132 e. The van der Waals surface area contributed by atoms with Crippen LogP contribution in [-0.4, -0.2) is 17.3 Å². The van der Waals surface area contributed by atoms with Crippen LogP contribution in [0.4, 0.5) is 0 Å². The fourth-order valence-electron chi connectivity index (χ4n) is 2.44. The molecule has 1 aliphatic carbocycles. The van der Waals surface area contributed by atoms with Crippen molar-refractivity contribution >= 4 is 0 Å². The molecule has 0 radical (unpaired) electrons. The van der Waals surface area contributed by atoms with Crippen LogP contribution in [-0.2, 0) is 6.42 Å². The van der Waals surface area contributed by atoms with Gasteiger partial charge in [-0.05, 0) is 43.7 Å². The molecule has 2 nitrogen and oxygen atoms in total. The predicted octanol–water partition coefficient (Wildman–Crippen LogP) is 2.93. The topological polar surface area (TPSA) is 29.5 Å². The molecular formula is C14H20O2. The zero-order chi connectivity index (χ0) is 11.4. The van der Waals surface area contributed by atoms with E-state index in [4.69, 9.17) is 4.74 Å². The average Bonchev–Trinajstić information content (AvgIpc) is 2.79. The van der Waals surface area contributed by atoms with E-state index < -0.39 is 0 Å². The summed E-state index contributed by atoms with van der Waals surface area (Å²) in [5, 5.41) is 9.52. The van der Waals surface area contributed by atoms with E-state index in [1.807, 2.05) is 18.2 Å². The lowest BCUT2D eigenvalue weighted by molar-refractivity contribution is 0.0145. The minimum Gasteiger partial charge on any atom is -0.485 e. The number of benzene rings is 1. The van der Waals surface area contributed by atoms with Gasteiger partial charge in [0.05, 0.1) is 6.61 Å². The summed E-state index contributed by atoms with van der Waals surface area (Å²) in [6.07, 6.45) is 5.24. The number of hydrogen-bond acceptors (Lipinski definition) is 2. The Morgan fingerprint density at radius 1 is 1.25 bits per heavy atom. The van der Waals surface area contributed by atoms with Gasteiger partial charge in [0.1, 0.15) is 11.4 Å². The second-order valence-electron chi connectivity index (χ2n) is 4.61. The molecule has 16 heavy (non-hydrogen) atoms. The molecule has 0 aromatic heterocycles. The fourth-order valence-corrected chi connectivity index (χ4v) is 2.44. The van der Waals surface area contributed by atoms with Crippen LogP contribution in [0.15, 0.2) is 24.3 Å². The van der Waals surface area contributed by atoms with Gasteiger partial charge in [0.25, 0.3) is 0 Å². The van der Waals surface area contributed by atoms with Gasteiger partial charge < -0.3 is 9.84 Å². The SMILES string of the molecule is CCc1ccccc1OC1(CO)CCCC1. The zero-order valence-corrected chi connectivity index (χ0v) is 9.91. The van der Waals surface area contributed by atoms with Crippen molar-refractivity contribution in [3.63, 3.8) is 0 Å². The summed E-state index contributed by atoms with van der Waals surface area (Å²) in [6, 6.07) is 8.13. The van der Waals surface area contributed by atoms with E-state index in [9.17, 15) is 5.11 Å². The second-order valence-corrected chi connectivity index (χ2v) is 4.61. The Bertz CT molecular complexity index is 340. The third kappa shape index (κ3) is 2.22. The summed E-state index contributed by atoms with van der Waals surface area (Å²) in [7, 11) is 0. The van der Waals surface area contributed by atoms with E-state index in [-0.39, 0.29) is 12.2 Å². The number of ether oxygens (including phenoxy) is 1.